The van der Waals surface area contributed by atoms with Crippen LogP contribution in [0.1, 0.15) is 34.7 Å². The van der Waals surface area contributed by atoms with E-state index >= 15 is 0 Å². The molecular weight excluding hydrogens is 382 g/mol. The van der Waals surface area contributed by atoms with Gasteiger partial charge < -0.3 is 18.8 Å². The summed E-state index contributed by atoms with van der Waals surface area (Å²) in [6.45, 7) is -0.114. The van der Waals surface area contributed by atoms with E-state index in [4.69, 9.17) is 9.15 Å². The van der Waals surface area contributed by atoms with Crippen molar-refractivity contribution >= 4 is 29.6 Å². The fraction of sp³-hybridized carbons (Fsp3) is 0.350. The van der Waals surface area contributed by atoms with Gasteiger partial charge in [0.25, 0.3) is 0 Å². The first-order valence-electron chi connectivity index (χ1n) is 8.90. The number of furan rings is 1. The van der Waals surface area contributed by atoms with Gasteiger partial charge in [-0.25, -0.2) is 9.59 Å². The molecule has 2 atom stereocenters. The van der Waals surface area contributed by atoms with Gasteiger partial charge in [-0.15, -0.1) is 11.8 Å². The Hall–Kier alpha value is -2.74. The molecule has 4 rings (SSSR count). The zero-order valence-electron chi connectivity index (χ0n) is 15.3. The van der Waals surface area contributed by atoms with E-state index in [2.05, 4.69) is 4.74 Å². The van der Waals surface area contributed by atoms with Crippen LogP contribution in [0, 0.1) is 0 Å². The highest BCUT2D eigenvalue weighted by Crippen LogP contribution is 2.54. The molecule has 2 fully saturated rings. The normalized spacial score (nSPS) is 23.5. The predicted molar refractivity (Wildman–Crippen MR) is 100 cm³/mol. The molecule has 8 heteroatoms. The number of thioether (sulfide) groups is 1. The molecule has 3 heterocycles. The molecular formula is C20H19NO6S. The zero-order chi connectivity index (χ0) is 19.7. The molecule has 7 nitrogen and oxygen atoms in total. The molecule has 146 valence electrons. The van der Waals surface area contributed by atoms with E-state index < -0.39 is 22.9 Å². The van der Waals surface area contributed by atoms with Gasteiger partial charge in [0, 0.05) is 12.2 Å². The highest BCUT2D eigenvalue weighted by atomic mass is 32.2. The molecule has 0 spiro atoms. The first kappa shape index (κ1) is 18.6. The SMILES string of the molecule is COC(=O)c1ccc(COC(=O)[C@H]2CS[C@]3(c4ccccc4)CCC(=O)N23)o1. The second kappa shape index (κ2) is 7.35. The van der Waals surface area contributed by atoms with Crippen LogP contribution in [0.5, 0.6) is 0 Å². The van der Waals surface area contributed by atoms with E-state index in [9.17, 15) is 14.4 Å². The lowest BCUT2D eigenvalue weighted by Gasteiger charge is -2.33. The Morgan fingerprint density at radius 1 is 1.25 bits per heavy atom. The Labute approximate surface area is 166 Å². The molecule has 1 aromatic heterocycles. The zero-order valence-corrected chi connectivity index (χ0v) is 16.1. The minimum Gasteiger partial charge on any atom is -0.463 e. The van der Waals surface area contributed by atoms with E-state index in [0.717, 1.165) is 5.56 Å². The topological polar surface area (TPSA) is 86.0 Å². The average Bonchev–Trinajstić information content (AvgIpc) is 3.43. The Balaban J connectivity index is 1.47. The molecule has 2 saturated heterocycles. The van der Waals surface area contributed by atoms with Crippen molar-refractivity contribution in [3.63, 3.8) is 0 Å². The van der Waals surface area contributed by atoms with Crippen LogP contribution in [0.15, 0.2) is 46.9 Å². The summed E-state index contributed by atoms with van der Waals surface area (Å²) < 4.78 is 15.3. The number of benzene rings is 1. The van der Waals surface area contributed by atoms with Crippen LogP contribution >= 0.6 is 11.8 Å². The van der Waals surface area contributed by atoms with Gasteiger partial charge in [0.05, 0.1) is 7.11 Å². The van der Waals surface area contributed by atoms with Crippen LogP contribution in [0.4, 0.5) is 0 Å². The van der Waals surface area contributed by atoms with Crippen molar-refractivity contribution in [3.05, 3.63) is 59.5 Å². The lowest BCUT2D eigenvalue weighted by Crippen LogP contribution is -2.46. The predicted octanol–water partition coefficient (Wildman–Crippen LogP) is 2.70. The number of esters is 2. The maximum atomic E-state index is 12.7. The molecule has 0 unspecified atom stereocenters. The fourth-order valence-corrected chi connectivity index (χ4v) is 5.36. The summed E-state index contributed by atoms with van der Waals surface area (Å²) >= 11 is 1.61. The number of ether oxygens (including phenoxy) is 2. The van der Waals surface area contributed by atoms with Crippen molar-refractivity contribution in [1.29, 1.82) is 0 Å². The van der Waals surface area contributed by atoms with Crippen molar-refractivity contribution < 1.29 is 28.3 Å². The van der Waals surface area contributed by atoms with Gasteiger partial charge in [-0.2, -0.15) is 0 Å². The third kappa shape index (κ3) is 3.07. The number of methoxy groups -OCH3 is 1. The molecule has 2 aliphatic heterocycles. The number of hydrogen-bond acceptors (Lipinski definition) is 7. The Morgan fingerprint density at radius 3 is 2.79 bits per heavy atom. The third-order valence-electron chi connectivity index (χ3n) is 5.03. The van der Waals surface area contributed by atoms with Gasteiger partial charge in [0.2, 0.25) is 11.7 Å². The van der Waals surface area contributed by atoms with Gasteiger partial charge in [0.1, 0.15) is 23.3 Å². The fourth-order valence-electron chi connectivity index (χ4n) is 3.72. The number of fused-ring (bicyclic) bond motifs is 1. The van der Waals surface area contributed by atoms with E-state index in [-0.39, 0.29) is 18.3 Å². The monoisotopic (exact) mass is 401 g/mol. The molecule has 2 aliphatic rings. The number of carbonyl (C=O) groups excluding carboxylic acids is 3. The molecule has 0 bridgehead atoms. The summed E-state index contributed by atoms with van der Waals surface area (Å²) in [6.07, 6.45) is 1.08. The van der Waals surface area contributed by atoms with Crippen LogP contribution in [0.2, 0.25) is 0 Å². The standard InChI is InChI=1S/C20H19NO6S/c1-25-19(24)16-8-7-14(27-16)11-26-18(23)15-12-28-20(10-9-17(22)21(15)20)13-5-3-2-4-6-13/h2-8,15H,9-12H2,1H3/t15-,20+/m1/s1. The van der Waals surface area contributed by atoms with Crippen molar-refractivity contribution in [1.82, 2.24) is 4.90 Å². The first-order valence-corrected chi connectivity index (χ1v) is 9.89. The van der Waals surface area contributed by atoms with Crippen LogP contribution < -0.4 is 0 Å². The van der Waals surface area contributed by atoms with Gasteiger partial charge in [-0.3, -0.25) is 4.79 Å². The number of amides is 1. The lowest BCUT2D eigenvalue weighted by atomic mass is 10.0. The highest BCUT2D eigenvalue weighted by molar-refractivity contribution is 8.00. The van der Waals surface area contributed by atoms with E-state index in [1.54, 1.807) is 22.7 Å². The Bertz CT molecular complexity index is 910. The van der Waals surface area contributed by atoms with Crippen molar-refractivity contribution in [2.75, 3.05) is 12.9 Å². The molecule has 0 aliphatic carbocycles. The highest BCUT2D eigenvalue weighted by Gasteiger charge is 2.57. The van der Waals surface area contributed by atoms with Crippen molar-refractivity contribution in [2.45, 2.75) is 30.4 Å². The quantitative estimate of drug-likeness (QED) is 0.712. The van der Waals surface area contributed by atoms with Crippen LogP contribution in [0.25, 0.3) is 0 Å². The second-order valence-electron chi connectivity index (χ2n) is 6.61. The Morgan fingerprint density at radius 2 is 2.04 bits per heavy atom. The Kier molecular flexibility index (Phi) is 4.89. The molecule has 0 N–H and O–H groups in total. The van der Waals surface area contributed by atoms with Crippen LogP contribution in [-0.4, -0.2) is 41.7 Å². The summed E-state index contributed by atoms with van der Waals surface area (Å²) in [5.41, 5.74) is 1.02. The van der Waals surface area contributed by atoms with Gasteiger partial charge in [0.15, 0.2) is 0 Å². The smallest absolute Gasteiger partial charge is 0.373 e. The summed E-state index contributed by atoms with van der Waals surface area (Å²) in [7, 11) is 1.26. The maximum Gasteiger partial charge on any atom is 0.373 e. The lowest BCUT2D eigenvalue weighted by molar-refractivity contribution is -0.155. The van der Waals surface area contributed by atoms with E-state index in [1.807, 2.05) is 30.3 Å². The molecule has 2 aromatic rings. The number of hydrogen-bond donors (Lipinski definition) is 0. The molecule has 0 radical (unpaired) electrons. The van der Waals surface area contributed by atoms with E-state index in [1.165, 1.54) is 13.2 Å². The first-order chi connectivity index (χ1) is 13.5. The summed E-state index contributed by atoms with van der Waals surface area (Å²) in [6, 6.07) is 12.2. The van der Waals surface area contributed by atoms with Crippen LogP contribution in [-0.2, 0) is 30.5 Å². The largest absolute Gasteiger partial charge is 0.463 e. The average molecular weight is 401 g/mol. The van der Waals surface area contributed by atoms with Crippen molar-refractivity contribution in [3.8, 4) is 0 Å². The second-order valence-corrected chi connectivity index (χ2v) is 7.90. The molecule has 1 amide bonds. The molecule has 1 aromatic carbocycles. The summed E-state index contributed by atoms with van der Waals surface area (Å²) in [4.78, 5) is 37.9. The maximum absolute atomic E-state index is 12.7. The van der Waals surface area contributed by atoms with Crippen LogP contribution in [0.3, 0.4) is 0 Å². The molecule has 0 saturated carbocycles. The minimum absolute atomic E-state index is 0.0400. The van der Waals surface area contributed by atoms with Crippen molar-refractivity contribution in [2.24, 2.45) is 0 Å². The van der Waals surface area contributed by atoms with Gasteiger partial charge in [-0.05, 0) is 24.1 Å². The number of nitrogens with zero attached hydrogens (tertiary/aromatic N) is 1. The number of rotatable bonds is 5. The third-order valence-corrected chi connectivity index (χ3v) is 6.63. The van der Waals surface area contributed by atoms with Gasteiger partial charge >= 0.3 is 11.9 Å². The number of carbonyl (C=O) groups is 3. The summed E-state index contributed by atoms with van der Waals surface area (Å²) in [5.74, 6) is -0.256. The minimum atomic E-state index is -0.643. The van der Waals surface area contributed by atoms with E-state index in [0.29, 0.717) is 24.4 Å². The molecule has 28 heavy (non-hydrogen) atoms. The summed E-state index contributed by atoms with van der Waals surface area (Å²) in [5, 5.41) is 0. The van der Waals surface area contributed by atoms with Gasteiger partial charge in [-0.1, -0.05) is 30.3 Å².